The van der Waals surface area contributed by atoms with Gasteiger partial charge in [0.15, 0.2) is 0 Å². The molecule has 1 heteroatoms. The monoisotopic (exact) mass is 238 g/mol. The van der Waals surface area contributed by atoms with Crippen LogP contribution in [0.15, 0.2) is 12.7 Å². The number of hydrogen-bond acceptors (Lipinski definition) is 0. The van der Waals surface area contributed by atoms with Crippen molar-refractivity contribution in [2.45, 2.75) is 51.6 Å². The van der Waals surface area contributed by atoms with E-state index in [0.717, 1.165) is 23.4 Å². The Morgan fingerprint density at radius 1 is 1.25 bits per heavy atom. The van der Waals surface area contributed by atoms with Gasteiger partial charge in [0, 0.05) is 0 Å². The third-order valence-electron chi connectivity index (χ3n) is 4.84. The van der Waals surface area contributed by atoms with Crippen molar-refractivity contribution in [1.82, 2.24) is 0 Å². The zero-order valence-corrected chi connectivity index (χ0v) is 11.9. The standard InChI is InChI=1S/C15H27P/c1-4-5-6-9-16-11-13(3)14-8-7-12(2)15(16)10-14/h4,12-15H,1,5-11H2,2-3H3/t12-,13?,14?,15?,16?/m0/s1. The molecule has 1 saturated heterocycles. The first kappa shape index (κ1) is 12.6. The normalized spacial score (nSPS) is 43.0. The zero-order valence-electron chi connectivity index (χ0n) is 11.0. The van der Waals surface area contributed by atoms with Crippen LogP contribution < -0.4 is 0 Å². The quantitative estimate of drug-likeness (QED) is 0.371. The third-order valence-corrected chi connectivity index (χ3v) is 8.44. The molecular formula is C15H27P. The second kappa shape index (κ2) is 5.67. The van der Waals surface area contributed by atoms with Crippen LogP contribution in [-0.4, -0.2) is 18.0 Å². The third kappa shape index (κ3) is 2.70. The van der Waals surface area contributed by atoms with Crippen molar-refractivity contribution in [3.63, 3.8) is 0 Å². The number of fused-ring (bicyclic) bond motifs is 2. The molecule has 0 radical (unpaired) electrons. The first-order chi connectivity index (χ1) is 7.72. The molecule has 0 N–H and O–H groups in total. The van der Waals surface area contributed by atoms with Crippen LogP contribution in [0, 0.1) is 17.8 Å². The minimum atomic E-state index is 0.351. The average molecular weight is 238 g/mol. The van der Waals surface area contributed by atoms with Crippen LogP contribution in [0.5, 0.6) is 0 Å². The van der Waals surface area contributed by atoms with Crippen molar-refractivity contribution >= 4 is 7.92 Å². The van der Waals surface area contributed by atoms with E-state index in [2.05, 4.69) is 26.5 Å². The van der Waals surface area contributed by atoms with Gasteiger partial charge >= 0.3 is 0 Å². The summed E-state index contributed by atoms with van der Waals surface area (Å²) in [5.41, 5.74) is 1.12. The summed E-state index contributed by atoms with van der Waals surface area (Å²) in [6, 6.07) is 0. The molecule has 2 bridgehead atoms. The Labute approximate surface area is 103 Å². The molecule has 0 aromatic carbocycles. The van der Waals surface area contributed by atoms with Crippen LogP contribution in [0.4, 0.5) is 0 Å². The summed E-state index contributed by atoms with van der Waals surface area (Å²) >= 11 is 0. The number of allylic oxidation sites excluding steroid dienone is 1. The highest BCUT2D eigenvalue weighted by molar-refractivity contribution is 7.58. The molecular weight excluding hydrogens is 211 g/mol. The second-order valence-corrected chi connectivity index (χ2v) is 8.67. The predicted molar refractivity (Wildman–Crippen MR) is 75.5 cm³/mol. The highest BCUT2D eigenvalue weighted by Crippen LogP contribution is 2.58. The van der Waals surface area contributed by atoms with Crippen LogP contribution in [0.3, 0.4) is 0 Å². The first-order valence-electron chi connectivity index (χ1n) is 7.07. The van der Waals surface area contributed by atoms with Crippen molar-refractivity contribution in [3.8, 4) is 0 Å². The van der Waals surface area contributed by atoms with Gasteiger partial charge in [0.1, 0.15) is 0 Å². The van der Waals surface area contributed by atoms with Crippen molar-refractivity contribution in [1.29, 1.82) is 0 Å². The van der Waals surface area contributed by atoms with Gasteiger partial charge in [-0.3, -0.25) is 0 Å². The summed E-state index contributed by atoms with van der Waals surface area (Å²) in [5, 5.41) is 0. The second-order valence-electron chi connectivity index (χ2n) is 6.02. The zero-order chi connectivity index (χ0) is 11.5. The Morgan fingerprint density at radius 2 is 2.06 bits per heavy atom. The van der Waals surface area contributed by atoms with Crippen molar-refractivity contribution in [2.75, 3.05) is 12.3 Å². The van der Waals surface area contributed by atoms with Crippen molar-refractivity contribution < 1.29 is 0 Å². The summed E-state index contributed by atoms with van der Waals surface area (Å²) < 4.78 is 0. The van der Waals surface area contributed by atoms with Gasteiger partial charge in [0.05, 0.1) is 0 Å². The fourth-order valence-corrected chi connectivity index (χ4v) is 7.56. The summed E-state index contributed by atoms with van der Waals surface area (Å²) in [6.45, 7) is 8.87. The van der Waals surface area contributed by atoms with Crippen LogP contribution in [0.2, 0.25) is 0 Å². The fourth-order valence-electron chi connectivity index (χ4n) is 3.71. The van der Waals surface area contributed by atoms with E-state index in [-0.39, 0.29) is 0 Å². The number of rotatable bonds is 4. The Kier molecular flexibility index (Phi) is 4.48. The van der Waals surface area contributed by atoms with E-state index in [1.165, 1.54) is 31.8 Å². The maximum absolute atomic E-state index is 3.84. The molecule has 0 aromatic heterocycles. The summed E-state index contributed by atoms with van der Waals surface area (Å²) in [5.74, 6) is 3.14. The van der Waals surface area contributed by atoms with E-state index >= 15 is 0 Å². The highest BCUT2D eigenvalue weighted by atomic mass is 31.1. The molecule has 2 rings (SSSR count). The SMILES string of the molecule is C=CCCCP1CC(C)C2CC[C@H](C)C1C2. The van der Waals surface area contributed by atoms with E-state index < -0.39 is 0 Å². The van der Waals surface area contributed by atoms with Gasteiger partial charge < -0.3 is 0 Å². The van der Waals surface area contributed by atoms with Gasteiger partial charge in [-0.15, -0.1) is 14.5 Å². The van der Waals surface area contributed by atoms with E-state index in [0.29, 0.717) is 7.92 Å². The molecule has 1 saturated carbocycles. The molecule has 0 aromatic rings. The molecule has 16 heavy (non-hydrogen) atoms. The van der Waals surface area contributed by atoms with Gasteiger partial charge in [-0.05, 0) is 67.8 Å². The van der Waals surface area contributed by atoms with Gasteiger partial charge in [-0.2, -0.15) is 0 Å². The van der Waals surface area contributed by atoms with Gasteiger partial charge in [0.2, 0.25) is 0 Å². The van der Waals surface area contributed by atoms with E-state index in [4.69, 9.17) is 0 Å². The molecule has 4 unspecified atom stereocenters. The lowest BCUT2D eigenvalue weighted by Gasteiger charge is -2.47. The molecule has 0 amide bonds. The minimum absolute atomic E-state index is 0.351. The molecule has 1 aliphatic carbocycles. The Bertz CT molecular complexity index is 236. The lowest BCUT2D eigenvalue weighted by Crippen LogP contribution is -2.37. The number of hydrogen-bond donors (Lipinski definition) is 0. The topological polar surface area (TPSA) is 0 Å². The molecule has 0 nitrogen and oxygen atoms in total. The maximum atomic E-state index is 3.84. The molecule has 1 aliphatic heterocycles. The van der Waals surface area contributed by atoms with Gasteiger partial charge in [-0.25, -0.2) is 0 Å². The lowest BCUT2D eigenvalue weighted by molar-refractivity contribution is 0.226. The molecule has 1 heterocycles. The number of unbranched alkanes of at least 4 members (excludes halogenated alkanes) is 1. The van der Waals surface area contributed by atoms with Crippen LogP contribution in [0.1, 0.15) is 46.0 Å². The highest BCUT2D eigenvalue weighted by Gasteiger charge is 2.39. The van der Waals surface area contributed by atoms with Gasteiger partial charge in [-0.1, -0.05) is 19.9 Å². The van der Waals surface area contributed by atoms with E-state index in [1.807, 2.05) is 0 Å². The first-order valence-corrected chi connectivity index (χ1v) is 8.85. The maximum Gasteiger partial charge on any atom is -0.0181 e. The Balaban J connectivity index is 1.92. The molecule has 2 fully saturated rings. The lowest BCUT2D eigenvalue weighted by atomic mass is 9.76. The summed E-state index contributed by atoms with van der Waals surface area (Å²) in [6.07, 6.45) is 12.4. The minimum Gasteiger partial charge on any atom is -0.103 e. The summed E-state index contributed by atoms with van der Waals surface area (Å²) in [7, 11) is 0.351. The van der Waals surface area contributed by atoms with Crippen LogP contribution in [0.25, 0.3) is 0 Å². The fraction of sp³-hybridized carbons (Fsp3) is 0.867. The van der Waals surface area contributed by atoms with Crippen LogP contribution >= 0.6 is 7.92 Å². The Morgan fingerprint density at radius 3 is 2.81 bits per heavy atom. The summed E-state index contributed by atoms with van der Waals surface area (Å²) in [4.78, 5) is 0. The predicted octanol–water partition coefficient (Wildman–Crippen LogP) is 4.89. The molecule has 2 aliphatic rings. The average Bonchev–Trinajstić information content (AvgIpc) is 2.28. The van der Waals surface area contributed by atoms with Gasteiger partial charge in [0.25, 0.3) is 0 Å². The van der Waals surface area contributed by atoms with Crippen molar-refractivity contribution in [2.24, 2.45) is 17.8 Å². The van der Waals surface area contributed by atoms with Crippen molar-refractivity contribution in [3.05, 3.63) is 12.7 Å². The Hall–Kier alpha value is 0.170. The van der Waals surface area contributed by atoms with Crippen LogP contribution in [-0.2, 0) is 0 Å². The smallest absolute Gasteiger partial charge is 0.0181 e. The largest absolute Gasteiger partial charge is 0.103 e. The molecule has 5 atom stereocenters. The van der Waals surface area contributed by atoms with E-state index in [9.17, 15) is 0 Å². The molecule has 92 valence electrons. The van der Waals surface area contributed by atoms with E-state index in [1.54, 1.807) is 12.6 Å². The molecule has 0 spiro atoms.